The topological polar surface area (TPSA) is 30.2 Å². The number of rotatable bonds is 2. The molecule has 3 aromatic rings. The molecule has 1 aromatic heterocycles. The summed E-state index contributed by atoms with van der Waals surface area (Å²) in [4.78, 5) is 12.2. The SMILES string of the molecule is Cc1ccc2oc(-c3ccc(CP)cc3)cc(=O)c2c1. The molecule has 1 unspecified atom stereocenters. The summed E-state index contributed by atoms with van der Waals surface area (Å²) in [5, 5.41) is 0.635. The van der Waals surface area contributed by atoms with Gasteiger partial charge in [-0.05, 0) is 30.8 Å². The summed E-state index contributed by atoms with van der Waals surface area (Å²) in [6.45, 7) is 1.97. The highest BCUT2D eigenvalue weighted by Gasteiger charge is 2.07. The lowest BCUT2D eigenvalue weighted by Crippen LogP contribution is -2.00. The highest BCUT2D eigenvalue weighted by molar-refractivity contribution is 7.15. The van der Waals surface area contributed by atoms with E-state index in [9.17, 15) is 4.79 Å². The molecule has 0 aliphatic heterocycles. The third kappa shape index (κ3) is 2.39. The fraction of sp³-hybridized carbons (Fsp3) is 0.118. The lowest BCUT2D eigenvalue weighted by Gasteiger charge is -2.04. The Morgan fingerprint density at radius 1 is 1.05 bits per heavy atom. The Hall–Kier alpha value is -1.92. The first-order chi connectivity index (χ1) is 9.67. The van der Waals surface area contributed by atoms with E-state index in [4.69, 9.17) is 4.42 Å². The van der Waals surface area contributed by atoms with Crippen LogP contribution in [0, 0.1) is 6.92 Å². The number of fused-ring (bicyclic) bond motifs is 1. The summed E-state index contributed by atoms with van der Waals surface area (Å²) >= 11 is 0. The Morgan fingerprint density at radius 3 is 2.50 bits per heavy atom. The van der Waals surface area contributed by atoms with Gasteiger partial charge in [0.2, 0.25) is 0 Å². The van der Waals surface area contributed by atoms with Crippen LogP contribution < -0.4 is 5.43 Å². The first-order valence-corrected chi connectivity index (χ1v) is 7.33. The predicted octanol–water partition coefficient (Wildman–Crippen LogP) is 4.14. The molecule has 0 saturated carbocycles. The van der Waals surface area contributed by atoms with Crippen LogP contribution in [0.5, 0.6) is 0 Å². The largest absolute Gasteiger partial charge is 0.456 e. The molecule has 2 nitrogen and oxygen atoms in total. The molecule has 1 heterocycles. The molecule has 3 rings (SSSR count). The molecule has 0 bridgehead atoms. The summed E-state index contributed by atoms with van der Waals surface area (Å²) in [5.41, 5.74) is 3.85. The monoisotopic (exact) mass is 282 g/mol. The van der Waals surface area contributed by atoms with Crippen LogP contribution in [0.1, 0.15) is 11.1 Å². The zero-order valence-electron chi connectivity index (χ0n) is 11.2. The van der Waals surface area contributed by atoms with Gasteiger partial charge in [0.05, 0.1) is 5.39 Å². The van der Waals surface area contributed by atoms with Gasteiger partial charge in [0.25, 0.3) is 0 Å². The normalized spacial score (nSPS) is 10.9. The van der Waals surface area contributed by atoms with E-state index < -0.39 is 0 Å². The molecule has 0 spiro atoms. The molecule has 0 amide bonds. The fourth-order valence-electron chi connectivity index (χ4n) is 2.22. The van der Waals surface area contributed by atoms with Crippen LogP contribution in [0.25, 0.3) is 22.3 Å². The summed E-state index contributed by atoms with van der Waals surface area (Å²) in [6.07, 6.45) is 0.918. The van der Waals surface area contributed by atoms with E-state index >= 15 is 0 Å². The van der Waals surface area contributed by atoms with Crippen LogP contribution in [0.3, 0.4) is 0 Å². The molecule has 0 aliphatic rings. The van der Waals surface area contributed by atoms with E-state index in [0.29, 0.717) is 16.7 Å². The van der Waals surface area contributed by atoms with E-state index in [1.54, 1.807) is 6.07 Å². The van der Waals surface area contributed by atoms with Crippen LogP contribution in [-0.2, 0) is 6.16 Å². The van der Waals surface area contributed by atoms with Crippen molar-refractivity contribution in [2.75, 3.05) is 0 Å². The van der Waals surface area contributed by atoms with E-state index in [0.717, 1.165) is 17.3 Å². The van der Waals surface area contributed by atoms with Crippen LogP contribution in [-0.4, -0.2) is 0 Å². The first-order valence-electron chi connectivity index (χ1n) is 6.51. The van der Waals surface area contributed by atoms with Crippen LogP contribution >= 0.6 is 9.24 Å². The predicted molar refractivity (Wildman–Crippen MR) is 86.1 cm³/mol. The zero-order valence-corrected chi connectivity index (χ0v) is 12.4. The molecule has 0 radical (unpaired) electrons. The van der Waals surface area contributed by atoms with E-state index in [-0.39, 0.29) is 5.43 Å². The van der Waals surface area contributed by atoms with Crippen LogP contribution in [0.4, 0.5) is 0 Å². The third-order valence-corrected chi connectivity index (χ3v) is 3.83. The van der Waals surface area contributed by atoms with Gasteiger partial charge in [-0.15, -0.1) is 9.24 Å². The lowest BCUT2D eigenvalue weighted by atomic mass is 10.1. The van der Waals surface area contributed by atoms with Crippen LogP contribution in [0.2, 0.25) is 0 Å². The second-order valence-electron chi connectivity index (χ2n) is 4.88. The molecular formula is C17H15O2P. The molecule has 2 aromatic carbocycles. The summed E-state index contributed by atoms with van der Waals surface area (Å²) in [6, 6.07) is 15.3. The molecule has 3 heteroatoms. The number of hydrogen-bond donors (Lipinski definition) is 0. The second-order valence-corrected chi connectivity index (χ2v) is 5.28. The van der Waals surface area contributed by atoms with Crippen molar-refractivity contribution in [3.8, 4) is 11.3 Å². The number of benzene rings is 2. The summed E-state index contributed by atoms with van der Waals surface area (Å²) < 4.78 is 5.85. The smallest absolute Gasteiger partial charge is 0.193 e. The Bertz CT molecular complexity index is 817. The van der Waals surface area contributed by atoms with Crippen molar-refractivity contribution >= 4 is 20.2 Å². The summed E-state index contributed by atoms with van der Waals surface area (Å²) in [5.74, 6) is 0.613. The average molecular weight is 282 g/mol. The molecule has 0 N–H and O–H groups in total. The van der Waals surface area contributed by atoms with Crippen molar-refractivity contribution in [1.82, 2.24) is 0 Å². The Kier molecular flexibility index (Phi) is 3.42. The van der Waals surface area contributed by atoms with Gasteiger partial charge >= 0.3 is 0 Å². The molecule has 0 aliphatic carbocycles. The number of aryl methyl sites for hydroxylation is 1. The second kappa shape index (κ2) is 5.22. The van der Waals surface area contributed by atoms with Crippen molar-refractivity contribution in [2.45, 2.75) is 13.1 Å². The van der Waals surface area contributed by atoms with Crippen molar-refractivity contribution in [3.63, 3.8) is 0 Å². The Morgan fingerprint density at radius 2 is 1.80 bits per heavy atom. The average Bonchev–Trinajstić information content (AvgIpc) is 2.48. The van der Waals surface area contributed by atoms with Gasteiger partial charge in [0.15, 0.2) is 5.43 Å². The lowest BCUT2D eigenvalue weighted by molar-refractivity contribution is 0.619. The fourth-order valence-corrected chi connectivity index (χ4v) is 2.49. The van der Waals surface area contributed by atoms with Crippen molar-refractivity contribution in [1.29, 1.82) is 0 Å². The van der Waals surface area contributed by atoms with E-state index in [2.05, 4.69) is 9.24 Å². The number of hydrogen-bond acceptors (Lipinski definition) is 2. The minimum absolute atomic E-state index is 0.0000682. The molecule has 100 valence electrons. The van der Waals surface area contributed by atoms with Crippen LogP contribution in [0.15, 0.2) is 57.7 Å². The van der Waals surface area contributed by atoms with E-state index in [1.807, 2.05) is 49.4 Å². The van der Waals surface area contributed by atoms with Gasteiger partial charge in [0, 0.05) is 11.6 Å². The maximum atomic E-state index is 12.2. The highest BCUT2D eigenvalue weighted by atomic mass is 31.0. The highest BCUT2D eigenvalue weighted by Crippen LogP contribution is 2.23. The van der Waals surface area contributed by atoms with Gasteiger partial charge in [-0.2, -0.15) is 0 Å². The van der Waals surface area contributed by atoms with Crippen molar-refractivity contribution in [2.24, 2.45) is 0 Å². The Balaban J connectivity index is 2.16. The van der Waals surface area contributed by atoms with Gasteiger partial charge in [-0.25, -0.2) is 0 Å². The minimum Gasteiger partial charge on any atom is -0.456 e. The molecule has 20 heavy (non-hydrogen) atoms. The summed E-state index contributed by atoms with van der Waals surface area (Å²) in [7, 11) is 2.70. The molecule has 1 atom stereocenters. The minimum atomic E-state index is 0.0000682. The zero-order chi connectivity index (χ0) is 14.1. The van der Waals surface area contributed by atoms with Gasteiger partial charge in [-0.1, -0.05) is 35.9 Å². The molecule has 0 fully saturated rings. The molecular weight excluding hydrogens is 267 g/mol. The maximum Gasteiger partial charge on any atom is 0.193 e. The van der Waals surface area contributed by atoms with Crippen molar-refractivity contribution in [3.05, 3.63) is 69.9 Å². The van der Waals surface area contributed by atoms with Crippen molar-refractivity contribution < 1.29 is 4.42 Å². The van der Waals surface area contributed by atoms with Gasteiger partial charge < -0.3 is 4.42 Å². The Labute approximate surface area is 119 Å². The third-order valence-electron chi connectivity index (χ3n) is 3.36. The van der Waals surface area contributed by atoms with Gasteiger partial charge in [-0.3, -0.25) is 4.79 Å². The van der Waals surface area contributed by atoms with Gasteiger partial charge in [0.1, 0.15) is 11.3 Å². The maximum absolute atomic E-state index is 12.2. The molecule has 0 saturated heterocycles. The standard InChI is InChI=1S/C17H15O2P/c1-11-2-7-16-14(8-11)15(18)9-17(19-16)13-5-3-12(10-20)4-6-13/h2-9H,10,20H2,1H3. The first kappa shape index (κ1) is 13.1. The van der Waals surface area contributed by atoms with E-state index in [1.165, 1.54) is 5.56 Å². The quantitative estimate of drug-likeness (QED) is 0.661.